The topological polar surface area (TPSA) is 59.5 Å². The minimum atomic E-state index is -0.197. The summed E-state index contributed by atoms with van der Waals surface area (Å²) >= 11 is 0. The standard InChI is InChI=1S/C20H22N2O3/c23-19(16-6-2-1-3-7-16)14-18-15-25-13-12-22(18)20(24)10-9-17-8-4-5-11-21-17/h1-8,11,18H,9-10,12-15H2/t18-/m1/s1. The summed E-state index contributed by atoms with van der Waals surface area (Å²) in [4.78, 5) is 31.1. The number of hydrogen-bond donors (Lipinski definition) is 0. The van der Waals surface area contributed by atoms with E-state index in [1.54, 1.807) is 23.2 Å². The minimum Gasteiger partial charge on any atom is -0.377 e. The molecular weight excluding hydrogens is 316 g/mol. The molecular formula is C20H22N2O3. The lowest BCUT2D eigenvalue weighted by molar-refractivity contribution is -0.139. The van der Waals surface area contributed by atoms with Crippen molar-refractivity contribution in [1.82, 2.24) is 9.88 Å². The van der Waals surface area contributed by atoms with E-state index < -0.39 is 0 Å². The van der Waals surface area contributed by atoms with Gasteiger partial charge in [-0.15, -0.1) is 0 Å². The van der Waals surface area contributed by atoms with Gasteiger partial charge in [0.25, 0.3) is 0 Å². The molecule has 0 N–H and O–H groups in total. The molecule has 1 aromatic carbocycles. The highest BCUT2D eigenvalue weighted by molar-refractivity contribution is 5.96. The Bertz CT molecular complexity index is 703. The van der Waals surface area contributed by atoms with Gasteiger partial charge in [0, 0.05) is 36.8 Å². The van der Waals surface area contributed by atoms with E-state index in [1.807, 2.05) is 36.4 Å². The fraction of sp³-hybridized carbons (Fsp3) is 0.350. The molecule has 3 rings (SSSR count). The first-order chi connectivity index (χ1) is 12.2. The summed E-state index contributed by atoms with van der Waals surface area (Å²) in [6.07, 6.45) is 3.03. The zero-order chi connectivity index (χ0) is 17.5. The number of nitrogens with zero attached hydrogens (tertiary/aromatic N) is 2. The van der Waals surface area contributed by atoms with Gasteiger partial charge in [0.1, 0.15) is 0 Å². The van der Waals surface area contributed by atoms with Crippen LogP contribution in [0.25, 0.3) is 0 Å². The maximum atomic E-state index is 12.6. The van der Waals surface area contributed by atoms with E-state index >= 15 is 0 Å². The number of Topliss-reactive ketones (excluding diaryl/α,β-unsaturated/α-hetero) is 1. The van der Waals surface area contributed by atoms with Crippen LogP contribution in [-0.2, 0) is 16.0 Å². The number of morpholine rings is 1. The molecule has 2 aromatic rings. The van der Waals surface area contributed by atoms with E-state index in [0.717, 1.165) is 5.69 Å². The molecule has 0 unspecified atom stereocenters. The first-order valence-electron chi connectivity index (χ1n) is 8.59. The van der Waals surface area contributed by atoms with Gasteiger partial charge in [0.15, 0.2) is 5.78 Å². The van der Waals surface area contributed by atoms with Crippen molar-refractivity contribution < 1.29 is 14.3 Å². The van der Waals surface area contributed by atoms with Crippen molar-refractivity contribution in [3.8, 4) is 0 Å². The molecule has 1 atom stereocenters. The summed E-state index contributed by atoms with van der Waals surface area (Å²) in [7, 11) is 0. The molecule has 1 aliphatic heterocycles. The molecule has 0 saturated carbocycles. The highest BCUT2D eigenvalue weighted by atomic mass is 16.5. The monoisotopic (exact) mass is 338 g/mol. The minimum absolute atomic E-state index is 0.0404. The maximum Gasteiger partial charge on any atom is 0.223 e. The van der Waals surface area contributed by atoms with Crippen LogP contribution in [0.1, 0.15) is 28.9 Å². The number of amides is 1. The maximum absolute atomic E-state index is 12.6. The number of aryl methyl sites for hydroxylation is 1. The Morgan fingerprint density at radius 2 is 1.92 bits per heavy atom. The average Bonchev–Trinajstić information content (AvgIpc) is 2.68. The third kappa shape index (κ3) is 4.73. The van der Waals surface area contributed by atoms with Crippen molar-refractivity contribution in [2.75, 3.05) is 19.8 Å². The number of benzene rings is 1. The fourth-order valence-corrected chi connectivity index (χ4v) is 3.03. The van der Waals surface area contributed by atoms with Crippen LogP contribution in [0.15, 0.2) is 54.7 Å². The lowest BCUT2D eigenvalue weighted by Gasteiger charge is -2.35. The lowest BCUT2D eigenvalue weighted by atomic mass is 10.0. The Kier molecular flexibility index (Phi) is 5.90. The van der Waals surface area contributed by atoms with E-state index in [2.05, 4.69) is 4.98 Å². The molecule has 130 valence electrons. The third-order valence-electron chi connectivity index (χ3n) is 4.39. The SMILES string of the molecule is O=C(C[C@@H]1COCCN1C(=O)CCc1ccccn1)c1ccccc1. The predicted octanol–water partition coefficient (Wildman–Crippen LogP) is 2.51. The van der Waals surface area contributed by atoms with Crippen LogP contribution in [0.4, 0.5) is 0 Å². The van der Waals surface area contributed by atoms with Crippen LogP contribution < -0.4 is 0 Å². The van der Waals surface area contributed by atoms with Gasteiger partial charge in [0.2, 0.25) is 5.91 Å². The van der Waals surface area contributed by atoms with Crippen molar-refractivity contribution in [2.45, 2.75) is 25.3 Å². The zero-order valence-corrected chi connectivity index (χ0v) is 14.1. The van der Waals surface area contributed by atoms with Gasteiger partial charge in [-0.3, -0.25) is 14.6 Å². The molecule has 5 nitrogen and oxygen atoms in total. The third-order valence-corrected chi connectivity index (χ3v) is 4.39. The molecule has 0 radical (unpaired) electrons. The molecule has 1 fully saturated rings. The van der Waals surface area contributed by atoms with Crippen molar-refractivity contribution in [3.63, 3.8) is 0 Å². The fourth-order valence-electron chi connectivity index (χ4n) is 3.03. The highest BCUT2D eigenvalue weighted by Crippen LogP contribution is 2.16. The van der Waals surface area contributed by atoms with Gasteiger partial charge < -0.3 is 9.64 Å². The summed E-state index contributed by atoms with van der Waals surface area (Å²) in [5.41, 5.74) is 1.58. The number of carbonyl (C=O) groups is 2. The van der Waals surface area contributed by atoms with Crippen molar-refractivity contribution in [3.05, 3.63) is 66.0 Å². The van der Waals surface area contributed by atoms with Crippen molar-refractivity contribution in [1.29, 1.82) is 0 Å². The Morgan fingerprint density at radius 3 is 2.68 bits per heavy atom. The lowest BCUT2D eigenvalue weighted by Crippen LogP contribution is -2.49. The van der Waals surface area contributed by atoms with Crippen LogP contribution in [0.3, 0.4) is 0 Å². The predicted molar refractivity (Wildman–Crippen MR) is 94.3 cm³/mol. The summed E-state index contributed by atoms with van der Waals surface area (Å²) in [5, 5.41) is 0. The van der Waals surface area contributed by atoms with Gasteiger partial charge >= 0.3 is 0 Å². The molecule has 1 aromatic heterocycles. The highest BCUT2D eigenvalue weighted by Gasteiger charge is 2.29. The molecule has 1 aliphatic rings. The van der Waals surface area contributed by atoms with E-state index in [9.17, 15) is 9.59 Å². The summed E-state index contributed by atoms with van der Waals surface area (Å²) in [6.45, 7) is 1.47. The molecule has 1 amide bonds. The Labute approximate surface area is 147 Å². The second kappa shape index (κ2) is 8.53. The molecule has 1 saturated heterocycles. The van der Waals surface area contributed by atoms with Gasteiger partial charge in [-0.1, -0.05) is 36.4 Å². The van der Waals surface area contributed by atoms with Crippen LogP contribution in [0, 0.1) is 0 Å². The quantitative estimate of drug-likeness (QED) is 0.760. The number of rotatable bonds is 6. The number of aromatic nitrogens is 1. The summed E-state index contributed by atoms with van der Waals surface area (Å²) < 4.78 is 5.50. The first kappa shape index (κ1) is 17.3. The van der Waals surface area contributed by atoms with E-state index in [0.29, 0.717) is 44.6 Å². The second-order valence-corrected chi connectivity index (χ2v) is 6.13. The number of ether oxygens (including phenoxy) is 1. The van der Waals surface area contributed by atoms with Gasteiger partial charge in [0.05, 0.1) is 19.3 Å². The number of ketones is 1. The zero-order valence-electron chi connectivity index (χ0n) is 14.1. The molecule has 25 heavy (non-hydrogen) atoms. The second-order valence-electron chi connectivity index (χ2n) is 6.13. The molecule has 0 spiro atoms. The smallest absolute Gasteiger partial charge is 0.223 e. The number of hydrogen-bond acceptors (Lipinski definition) is 4. The summed E-state index contributed by atoms with van der Waals surface area (Å²) in [5.74, 6) is 0.0958. The van der Waals surface area contributed by atoms with Crippen LogP contribution in [0.5, 0.6) is 0 Å². The van der Waals surface area contributed by atoms with Crippen LogP contribution >= 0.6 is 0 Å². The van der Waals surface area contributed by atoms with Crippen molar-refractivity contribution in [2.24, 2.45) is 0 Å². The van der Waals surface area contributed by atoms with Gasteiger partial charge in [-0.25, -0.2) is 0 Å². The average molecular weight is 338 g/mol. The van der Waals surface area contributed by atoms with Crippen LogP contribution in [0.2, 0.25) is 0 Å². The molecule has 0 aliphatic carbocycles. The Balaban J connectivity index is 1.60. The first-order valence-corrected chi connectivity index (χ1v) is 8.59. The Hall–Kier alpha value is -2.53. The largest absolute Gasteiger partial charge is 0.377 e. The summed E-state index contributed by atoms with van der Waals surface area (Å²) in [6, 6.07) is 14.7. The van der Waals surface area contributed by atoms with E-state index in [-0.39, 0.29) is 17.7 Å². The van der Waals surface area contributed by atoms with Gasteiger partial charge in [-0.05, 0) is 18.6 Å². The molecule has 5 heteroatoms. The van der Waals surface area contributed by atoms with E-state index in [4.69, 9.17) is 4.74 Å². The number of carbonyl (C=O) groups excluding carboxylic acids is 2. The molecule has 0 bridgehead atoms. The van der Waals surface area contributed by atoms with E-state index in [1.165, 1.54) is 0 Å². The number of pyridine rings is 1. The van der Waals surface area contributed by atoms with Crippen LogP contribution in [-0.4, -0.2) is 47.4 Å². The van der Waals surface area contributed by atoms with Gasteiger partial charge in [-0.2, -0.15) is 0 Å². The molecule has 2 heterocycles. The normalized spacial score (nSPS) is 17.3. The van der Waals surface area contributed by atoms with Crippen molar-refractivity contribution >= 4 is 11.7 Å². The Morgan fingerprint density at radius 1 is 1.12 bits per heavy atom.